The van der Waals surface area contributed by atoms with Gasteiger partial charge in [0.15, 0.2) is 4.96 Å². The van der Waals surface area contributed by atoms with Crippen LogP contribution in [-0.4, -0.2) is 24.1 Å². The van der Waals surface area contributed by atoms with Crippen molar-refractivity contribution < 1.29 is 0 Å². The van der Waals surface area contributed by atoms with Gasteiger partial charge in [-0.1, -0.05) is 24.3 Å². The van der Waals surface area contributed by atoms with Crippen LogP contribution in [0.4, 0.5) is 5.95 Å². The number of thiazole rings is 1. The third kappa shape index (κ3) is 2.34. The van der Waals surface area contributed by atoms with Crippen molar-refractivity contribution in [3.8, 4) is 0 Å². The van der Waals surface area contributed by atoms with E-state index in [1.807, 2.05) is 11.6 Å². The fourth-order valence-electron chi connectivity index (χ4n) is 3.83. The predicted octanol–water partition coefficient (Wildman–Crippen LogP) is 3.68. The number of aromatic nitrogens is 5. The van der Waals surface area contributed by atoms with Crippen molar-refractivity contribution in [1.82, 2.24) is 24.1 Å². The van der Waals surface area contributed by atoms with Gasteiger partial charge in [-0.15, -0.1) is 21.5 Å². The quantitative estimate of drug-likeness (QED) is 0.554. The van der Waals surface area contributed by atoms with E-state index in [-0.39, 0.29) is 0 Å². The minimum Gasteiger partial charge on any atom is -0.330 e. The molecule has 0 aliphatic carbocycles. The monoisotopic (exact) mass is 364 g/mol. The highest BCUT2D eigenvalue weighted by Crippen LogP contribution is 2.36. The van der Waals surface area contributed by atoms with Gasteiger partial charge < -0.3 is 4.90 Å². The van der Waals surface area contributed by atoms with Gasteiger partial charge in [0, 0.05) is 30.9 Å². The van der Waals surface area contributed by atoms with Crippen LogP contribution in [0.15, 0.2) is 42.0 Å². The summed E-state index contributed by atoms with van der Waals surface area (Å²) in [6.45, 7) is 6.12. The van der Waals surface area contributed by atoms with Gasteiger partial charge in [0.05, 0.1) is 18.2 Å². The molecule has 1 unspecified atom stereocenters. The van der Waals surface area contributed by atoms with Crippen LogP contribution in [0.5, 0.6) is 0 Å². The molecular formula is C19H20N6S. The Morgan fingerprint density at radius 1 is 1.23 bits per heavy atom. The molecule has 0 saturated heterocycles. The lowest BCUT2D eigenvalue weighted by molar-refractivity contribution is 0.643. The summed E-state index contributed by atoms with van der Waals surface area (Å²) in [5, 5.41) is 11.1. The van der Waals surface area contributed by atoms with Crippen molar-refractivity contribution in [1.29, 1.82) is 0 Å². The summed E-state index contributed by atoms with van der Waals surface area (Å²) in [6, 6.07) is 8.95. The third-order valence-corrected chi connectivity index (χ3v) is 5.95. The summed E-state index contributed by atoms with van der Waals surface area (Å²) in [6.07, 6.45) is 4.81. The van der Waals surface area contributed by atoms with E-state index in [9.17, 15) is 0 Å². The Labute approximate surface area is 155 Å². The summed E-state index contributed by atoms with van der Waals surface area (Å²) in [7, 11) is 0. The van der Waals surface area contributed by atoms with Crippen LogP contribution < -0.4 is 4.90 Å². The lowest BCUT2D eigenvalue weighted by Gasteiger charge is -2.23. The van der Waals surface area contributed by atoms with Gasteiger partial charge >= 0.3 is 0 Å². The molecule has 5 rings (SSSR count). The molecule has 0 bridgehead atoms. The molecule has 1 aliphatic heterocycles. The first kappa shape index (κ1) is 15.6. The van der Waals surface area contributed by atoms with E-state index in [2.05, 4.69) is 73.4 Å². The van der Waals surface area contributed by atoms with Gasteiger partial charge in [0.2, 0.25) is 5.95 Å². The first-order valence-electron chi connectivity index (χ1n) is 8.92. The minimum absolute atomic E-state index is 0.312. The normalized spacial score (nSPS) is 16.5. The van der Waals surface area contributed by atoms with Crippen LogP contribution in [0.25, 0.3) is 4.96 Å². The lowest BCUT2D eigenvalue weighted by atomic mass is 10.1. The molecule has 7 heteroatoms. The Morgan fingerprint density at radius 2 is 2.12 bits per heavy atom. The molecule has 1 aromatic carbocycles. The van der Waals surface area contributed by atoms with E-state index in [1.165, 1.54) is 11.1 Å². The second kappa shape index (κ2) is 5.95. The zero-order valence-electron chi connectivity index (χ0n) is 14.8. The number of benzene rings is 1. The highest BCUT2D eigenvalue weighted by atomic mass is 32.1. The number of imidazole rings is 1. The van der Waals surface area contributed by atoms with E-state index >= 15 is 0 Å². The van der Waals surface area contributed by atoms with Crippen molar-refractivity contribution in [3.63, 3.8) is 0 Å². The van der Waals surface area contributed by atoms with Crippen molar-refractivity contribution in [2.75, 3.05) is 4.90 Å². The lowest BCUT2D eigenvalue weighted by Crippen LogP contribution is -2.23. The van der Waals surface area contributed by atoms with E-state index < -0.39 is 0 Å². The van der Waals surface area contributed by atoms with Crippen LogP contribution in [0.1, 0.15) is 42.5 Å². The molecule has 4 heterocycles. The van der Waals surface area contributed by atoms with Crippen LogP contribution in [0.3, 0.4) is 0 Å². The zero-order valence-corrected chi connectivity index (χ0v) is 15.6. The molecule has 1 atom stereocenters. The SMILES string of the molecule is CCn1c(Cc2cn3ccsc3n2)nnc1N1Cc2ccccc2C1C. The maximum atomic E-state index is 4.68. The summed E-state index contributed by atoms with van der Waals surface area (Å²) in [5.41, 5.74) is 3.79. The fraction of sp³-hybridized carbons (Fsp3) is 0.316. The zero-order chi connectivity index (χ0) is 17.7. The smallest absolute Gasteiger partial charge is 0.228 e. The number of hydrogen-bond acceptors (Lipinski definition) is 5. The average molecular weight is 364 g/mol. The van der Waals surface area contributed by atoms with E-state index in [4.69, 9.17) is 0 Å². The largest absolute Gasteiger partial charge is 0.330 e. The Kier molecular flexibility index (Phi) is 3.56. The molecular weight excluding hydrogens is 344 g/mol. The second-order valence-electron chi connectivity index (χ2n) is 6.67. The first-order valence-corrected chi connectivity index (χ1v) is 9.80. The minimum atomic E-state index is 0.312. The summed E-state index contributed by atoms with van der Waals surface area (Å²) in [5.74, 6) is 1.92. The van der Waals surface area contributed by atoms with Gasteiger partial charge in [0.1, 0.15) is 5.82 Å². The number of rotatable bonds is 4. The van der Waals surface area contributed by atoms with Gasteiger partial charge in [-0.3, -0.25) is 8.97 Å². The van der Waals surface area contributed by atoms with Gasteiger partial charge in [-0.25, -0.2) is 4.98 Å². The Balaban J connectivity index is 1.47. The predicted molar refractivity (Wildman–Crippen MR) is 103 cm³/mol. The molecule has 0 saturated carbocycles. The second-order valence-corrected chi connectivity index (χ2v) is 7.54. The topological polar surface area (TPSA) is 51.3 Å². The van der Waals surface area contributed by atoms with Crippen LogP contribution in [-0.2, 0) is 19.5 Å². The number of anilines is 1. The fourth-order valence-corrected chi connectivity index (χ4v) is 4.55. The number of hydrogen-bond donors (Lipinski definition) is 0. The van der Waals surface area contributed by atoms with Crippen LogP contribution >= 0.6 is 11.3 Å². The maximum Gasteiger partial charge on any atom is 0.228 e. The van der Waals surface area contributed by atoms with Gasteiger partial charge in [-0.2, -0.15) is 0 Å². The molecule has 0 spiro atoms. The van der Waals surface area contributed by atoms with Crippen molar-refractivity contribution in [2.45, 2.75) is 39.4 Å². The van der Waals surface area contributed by atoms with Gasteiger partial charge in [-0.05, 0) is 25.0 Å². The number of fused-ring (bicyclic) bond motifs is 2. The standard InChI is InChI=1S/C19H20N6S/c1-3-24-17(10-15-12-23-8-9-26-19(23)20-15)21-22-18(24)25-11-14-6-4-5-7-16(14)13(25)2/h4-9,12-13H,3,10-11H2,1-2H3. The first-order chi connectivity index (χ1) is 12.7. The molecule has 3 aromatic heterocycles. The van der Waals surface area contributed by atoms with Crippen molar-refractivity contribution in [2.24, 2.45) is 0 Å². The molecule has 6 nitrogen and oxygen atoms in total. The van der Waals surface area contributed by atoms with Crippen LogP contribution in [0.2, 0.25) is 0 Å². The molecule has 4 aromatic rings. The molecule has 0 amide bonds. The van der Waals surface area contributed by atoms with E-state index in [0.717, 1.165) is 35.5 Å². The van der Waals surface area contributed by atoms with Gasteiger partial charge in [0.25, 0.3) is 0 Å². The third-order valence-electron chi connectivity index (χ3n) is 5.18. The Hall–Kier alpha value is -2.67. The highest BCUT2D eigenvalue weighted by Gasteiger charge is 2.30. The summed E-state index contributed by atoms with van der Waals surface area (Å²) < 4.78 is 4.28. The molecule has 0 N–H and O–H groups in total. The average Bonchev–Trinajstić information content (AvgIpc) is 3.38. The highest BCUT2D eigenvalue weighted by molar-refractivity contribution is 7.15. The Morgan fingerprint density at radius 3 is 2.92 bits per heavy atom. The Bertz CT molecular complexity index is 1050. The molecule has 0 fully saturated rings. The van der Waals surface area contributed by atoms with Crippen LogP contribution in [0, 0.1) is 0 Å². The van der Waals surface area contributed by atoms with E-state index in [1.54, 1.807) is 11.3 Å². The van der Waals surface area contributed by atoms with E-state index in [0.29, 0.717) is 12.5 Å². The molecule has 1 aliphatic rings. The maximum absolute atomic E-state index is 4.68. The molecule has 132 valence electrons. The van der Waals surface area contributed by atoms with Crippen molar-refractivity contribution >= 4 is 22.2 Å². The summed E-state index contributed by atoms with van der Waals surface area (Å²) >= 11 is 1.65. The number of nitrogens with zero attached hydrogens (tertiary/aromatic N) is 6. The van der Waals surface area contributed by atoms with Crippen molar-refractivity contribution in [3.05, 3.63) is 64.7 Å². The molecule has 0 radical (unpaired) electrons. The summed E-state index contributed by atoms with van der Waals surface area (Å²) in [4.78, 5) is 8.05. The molecule has 26 heavy (non-hydrogen) atoms.